The van der Waals surface area contributed by atoms with Crippen molar-refractivity contribution in [2.75, 3.05) is 44.6 Å². The fraction of sp³-hybridized carbons (Fsp3) is 0.591. The maximum atomic E-state index is 13.6. The zero-order valence-corrected chi connectivity index (χ0v) is 18.0. The summed E-state index contributed by atoms with van der Waals surface area (Å²) >= 11 is 0. The summed E-state index contributed by atoms with van der Waals surface area (Å²) < 4.78 is 39.8. The van der Waals surface area contributed by atoms with Crippen LogP contribution < -0.4 is 10.6 Å². The number of hydrogen-bond donors (Lipinski definition) is 2. The molecule has 0 spiro atoms. The first-order chi connectivity index (χ1) is 15.3. The summed E-state index contributed by atoms with van der Waals surface area (Å²) in [5.41, 5.74) is -0.501. The van der Waals surface area contributed by atoms with Crippen molar-refractivity contribution in [3.8, 4) is 0 Å². The van der Waals surface area contributed by atoms with Gasteiger partial charge in [0.15, 0.2) is 17.5 Å². The average Bonchev–Trinajstić information content (AvgIpc) is 3.08. The van der Waals surface area contributed by atoms with Crippen LogP contribution in [0.2, 0.25) is 0 Å². The second-order valence-corrected chi connectivity index (χ2v) is 8.34. The summed E-state index contributed by atoms with van der Waals surface area (Å²) in [6.45, 7) is 2.54. The van der Waals surface area contributed by atoms with Gasteiger partial charge < -0.3 is 15.5 Å². The predicted octanol–water partition coefficient (Wildman–Crippen LogP) is 2.27. The minimum Gasteiger partial charge on any atom is -0.346 e. The number of amides is 3. The van der Waals surface area contributed by atoms with E-state index in [2.05, 4.69) is 10.6 Å². The Bertz CT molecular complexity index is 836. The molecule has 1 aromatic rings. The van der Waals surface area contributed by atoms with E-state index < -0.39 is 35.6 Å². The minimum atomic E-state index is -1.68. The Kier molecular flexibility index (Phi) is 8.49. The zero-order valence-electron chi connectivity index (χ0n) is 18.0. The van der Waals surface area contributed by atoms with Crippen molar-refractivity contribution in [1.82, 2.24) is 15.1 Å². The topological polar surface area (TPSA) is 81.8 Å². The van der Waals surface area contributed by atoms with Gasteiger partial charge in [-0.25, -0.2) is 13.2 Å². The molecule has 2 heterocycles. The van der Waals surface area contributed by atoms with Crippen molar-refractivity contribution in [3.63, 3.8) is 0 Å². The molecular formula is C22H29F3N4O3. The first-order valence-electron chi connectivity index (χ1n) is 11.1. The average molecular weight is 454 g/mol. The van der Waals surface area contributed by atoms with Crippen LogP contribution in [0.3, 0.4) is 0 Å². The molecule has 3 amide bonds. The third-order valence-electron chi connectivity index (χ3n) is 5.98. The smallest absolute Gasteiger partial charge is 0.243 e. The van der Waals surface area contributed by atoms with Gasteiger partial charge in [0.25, 0.3) is 0 Å². The van der Waals surface area contributed by atoms with E-state index in [1.165, 1.54) is 12.8 Å². The normalized spacial score (nSPS) is 18.2. The molecule has 32 heavy (non-hydrogen) atoms. The third kappa shape index (κ3) is 6.44. The van der Waals surface area contributed by atoms with Gasteiger partial charge in [0.05, 0.1) is 18.8 Å². The molecule has 2 aliphatic rings. The minimum absolute atomic E-state index is 0.0100. The third-order valence-corrected chi connectivity index (χ3v) is 5.98. The highest BCUT2D eigenvalue weighted by Gasteiger charge is 2.29. The zero-order chi connectivity index (χ0) is 23.1. The first kappa shape index (κ1) is 24.0. The Labute approximate surface area is 185 Å². The number of nitrogens with zero attached hydrogens (tertiary/aromatic N) is 2. The molecule has 2 saturated heterocycles. The fourth-order valence-corrected chi connectivity index (χ4v) is 4.14. The van der Waals surface area contributed by atoms with Gasteiger partial charge in [0.1, 0.15) is 0 Å². The molecule has 3 rings (SSSR count). The lowest BCUT2D eigenvalue weighted by molar-refractivity contribution is -0.137. The van der Waals surface area contributed by atoms with Crippen LogP contribution in [0.1, 0.15) is 38.5 Å². The Morgan fingerprint density at radius 3 is 2.19 bits per heavy atom. The molecule has 7 nitrogen and oxygen atoms in total. The second kappa shape index (κ2) is 11.3. The Morgan fingerprint density at radius 2 is 1.53 bits per heavy atom. The summed E-state index contributed by atoms with van der Waals surface area (Å²) in [6.07, 6.45) is 5.84. The van der Waals surface area contributed by atoms with E-state index >= 15 is 0 Å². The molecule has 10 heteroatoms. The maximum Gasteiger partial charge on any atom is 0.243 e. The van der Waals surface area contributed by atoms with Gasteiger partial charge in [-0.2, -0.15) is 0 Å². The molecule has 2 fully saturated rings. The lowest BCUT2D eigenvalue weighted by Gasteiger charge is -2.33. The van der Waals surface area contributed by atoms with E-state index in [-0.39, 0.29) is 24.3 Å². The van der Waals surface area contributed by atoms with Gasteiger partial charge in [-0.1, -0.05) is 12.8 Å². The number of nitrogens with one attached hydrogen (secondary N) is 2. The molecule has 0 unspecified atom stereocenters. The van der Waals surface area contributed by atoms with Gasteiger partial charge >= 0.3 is 0 Å². The number of halogens is 3. The summed E-state index contributed by atoms with van der Waals surface area (Å²) in [4.78, 5) is 40.7. The highest BCUT2D eigenvalue weighted by molar-refractivity contribution is 5.94. The SMILES string of the molecule is O=C(CN1CCC(C(=O)N2CCCCCC2)CC1)NCC(=O)Nc1ccc(F)c(F)c1F. The Morgan fingerprint density at radius 1 is 0.875 bits per heavy atom. The number of likely N-dealkylation sites (tertiary alicyclic amines) is 2. The van der Waals surface area contributed by atoms with Crippen molar-refractivity contribution < 1.29 is 27.6 Å². The molecular weight excluding hydrogens is 425 g/mol. The first-order valence-corrected chi connectivity index (χ1v) is 11.1. The van der Waals surface area contributed by atoms with Crippen LogP contribution in [0, 0.1) is 23.4 Å². The van der Waals surface area contributed by atoms with Crippen LogP contribution >= 0.6 is 0 Å². The van der Waals surface area contributed by atoms with E-state index in [9.17, 15) is 27.6 Å². The molecule has 0 radical (unpaired) electrons. The lowest BCUT2D eigenvalue weighted by Crippen LogP contribution is -2.46. The number of benzene rings is 1. The number of hydrogen-bond acceptors (Lipinski definition) is 4. The van der Waals surface area contributed by atoms with Crippen LogP contribution in [-0.2, 0) is 14.4 Å². The van der Waals surface area contributed by atoms with Crippen LogP contribution in [0.15, 0.2) is 12.1 Å². The molecule has 1 aromatic carbocycles. The van der Waals surface area contributed by atoms with E-state index in [0.29, 0.717) is 32.0 Å². The molecule has 176 valence electrons. The second-order valence-electron chi connectivity index (χ2n) is 8.34. The van der Waals surface area contributed by atoms with Gasteiger partial charge in [0.2, 0.25) is 17.7 Å². The molecule has 0 saturated carbocycles. The number of carbonyl (C=O) groups is 3. The van der Waals surface area contributed by atoms with E-state index in [4.69, 9.17) is 0 Å². The highest BCUT2D eigenvalue weighted by atomic mass is 19.2. The van der Waals surface area contributed by atoms with Crippen LogP contribution in [-0.4, -0.2) is 66.8 Å². The fourth-order valence-electron chi connectivity index (χ4n) is 4.14. The number of rotatable bonds is 6. The summed E-state index contributed by atoms with van der Waals surface area (Å²) in [6, 6.07) is 1.61. The van der Waals surface area contributed by atoms with E-state index in [1.807, 2.05) is 9.80 Å². The Hall–Kier alpha value is -2.62. The molecule has 2 N–H and O–H groups in total. The summed E-state index contributed by atoms with van der Waals surface area (Å²) in [5, 5.41) is 4.53. The van der Waals surface area contributed by atoms with Gasteiger partial charge in [-0.3, -0.25) is 19.3 Å². The lowest BCUT2D eigenvalue weighted by atomic mass is 9.95. The van der Waals surface area contributed by atoms with Crippen molar-refractivity contribution in [2.24, 2.45) is 5.92 Å². The standard InChI is InChI=1S/C22H29F3N4O3/c23-16-5-6-17(21(25)20(16)24)27-18(30)13-26-19(31)14-28-11-7-15(8-12-28)22(32)29-9-3-1-2-4-10-29/h5-6,15H,1-4,7-14H2,(H,26,31)(H,27,30). The Balaban J connectivity index is 1.37. The summed E-state index contributed by atoms with van der Waals surface area (Å²) in [7, 11) is 0. The highest BCUT2D eigenvalue weighted by Crippen LogP contribution is 2.22. The molecule has 0 atom stereocenters. The van der Waals surface area contributed by atoms with Crippen LogP contribution in [0.5, 0.6) is 0 Å². The number of anilines is 1. The van der Waals surface area contributed by atoms with Crippen LogP contribution in [0.4, 0.5) is 18.9 Å². The number of piperidine rings is 1. The van der Waals surface area contributed by atoms with Gasteiger partial charge in [0, 0.05) is 19.0 Å². The van der Waals surface area contributed by atoms with Crippen molar-refractivity contribution in [3.05, 3.63) is 29.6 Å². The molecule has 0 bridgehead atoms. The van der Waals surface area contributed by atoms with E-state index in [0.717, 1.165) is 32.0 Å². The van der Waals surface area contributed by atoms with Crippen molar-refractivity contribution in [1.29, 1.82) is 0 Å². The number of carbonyl (C=O) groups excluding carboxylic acids is 3. The van der Waals surface area contributed by atoms with E-state index in [1.54, 1.807) is 0 Å². The van der Waals surface area contributed by atoms with Crippen molar-refractivity contribution >= 4 is 23.4 Å². The van der Waals surface area contributed by atoms with Gasteiger partial charge in [-0.15, -0.1) is 0 Å². The molecule has 2 aliphatic heterocycles. The maximum absolute atomic E-state index is 13.6. The molecule has 0 aromatic heterocycles. The van der Waals surface area contributed by atoms with Gasteiger partial charge in [-0.05, 0) is 50.9 Å². The monoisotopic (exact) mass is 454 g/mol. The largest absolute Gasteiger partial charge is 0.346 e. The van der Waals surface area contributed by atoms with Crippen LogP contribution in [0.25, 0.3) is 0 Å². The van der Waals surface area contributed by atoms with Crippen molar-refractivity contribution in [2.45, 2.75) is 38.5 Å². The quantitative estimate of drug-likeness (QED) is 0.647. The summed E-state index contributed by atoms with van der Waals surface area (Å²) in [5.74, 6) is -5.47. The molecule has 0 aliphatic carbocycles. The predicted molar refractivity (Wildman–Crippen MR) is 112 cm³/mol.